The van der Waals surface area contributed by atoms with Crippen LogP contribution in [-0.4, -0.2) is 37.7 Å². The average molecular weight is 1260 g/mol. The molecule has 498 valence electrons. The molecule has 0 aliphatic carbocycles. The molecule has 6 nitrogen and oxygen atoms in total. The van der Waals surface area contributed by atoms with Gasteiger partial charge in [0.1, 0.15) is 0 Å². The summed E-state index contributed by atoms with van der Waals surface area (Å²) in [4.78, 5) is 40.5. The Morgan fingerprint density at radius 3 is 0.548 bits per heavy atom. The second-order valence-electron chi connectivity index (χ2n) is 26.0. The van der Waals surface area contributed by atoms with Crippen LogP contribution in [0.4, 0.5) is 0 Å². The summed E-state index contributed by atoms with van der Waals surface area (Å²) in [7, 11) is 0. The van der Waals surface area contributed by atoms with E-state index in [1.807, 2.05) is 57.2 Å². The summed E-state index contributed by atoms with van der Waals surface area (Å²) < 4.78 is 16.7. The van der Waals surface area contributed by atoms with Crippen molar-refractivity contribution < 1.29 is 28.6 Å². The summed E-state index contributed by atoms with van der Waals surface area (Å²) in [6.07, 6.45) is 41.9. The molecule has 0 heterocycles. The lowest BCUT2D eigenvalue weighted by molar-refractivity contribution is 0.0517. The Hall–Kier alpha value is -7.05. The van der Waals surface area contributed by atoms with Gasteiger partial charge in [-0.25, -0.2) is 14.4 Å². The van der Waals surface area contributed by atoms with E-state index in [0.29, 0.717) is 16.7 Å². The van der Waals surface area contributed by atoms with Gasteiger partial charge in [0.05, 0.1) is 36.5 Å². The van der Waals surface area contributed by atoms with Gasteiger partial charge < -0.3 is 14.2 Å². The van der Waals surface area contributed by atoms with E-state index in [1.165, 1.54) is 190 Å². The smallest absolute Gasteiger partial charge is 0.338 e. The zero-order valence-electron chi connectivity index (χ0n) is 58.3. The van der Waals surface area contributed by atoms with Crippen molar-refractivity contribution in [1.29, 1.82) is 0 Å². The Morgan fingerprint density at radius 2 is 0.376 bits per heavy atom. The maximum Gasteiger partial charge on any atom is 0.338 e. The van der Waals surface area contributed by atoms with Crippen LogP contribution < -0.4 is 0 Å². The van der Waals surface area contributed by atoms with Gasteiger partial charge in [0.25, 0.3) is 0 Å². The highest BCUT2D eigenvalue weighted by molar-refractivity contribution is 6.15. The molecule has 7 rings (SSSR count). The summed E-state index contributed by atoms with van der Waals surface area (Å²) in [5.74, 6) is -1.09. The molecule has 7 aromatic carbocycles. The van der Waals surface area contributed by atoms with Gasteiger partial charge in [-0.3, -0.25) is 0 Å². The van der Waals surface area contributed by atoms with E-state index in [1.54, 1.807) is 0 Å². The number of carbonyl (C=O) groups is 3. The summed E-state index contributed by atoms with van der Waals surface area (Å²) in [6, 6.07) is 51.8. The second-order valence-corrected chi connectivity index (χ2v) is 26.0. The molecular weight excluding hydrogens is 1140 g/mol. The number of aryl methyl sites for hydroxylation is 3. The van der Waals surface area contributed by atoms with Crippen molar-refractivity contribution in [2.75, 3.05) is 19.8 Å². The molecule has 0 spiro atoms. The monoisotopic (exact) mass is 1250 g/mol. The highest BCUT2D eigenvalue weighted by Crippen LogP contribution is 2.56. The van der Waals surface area contributed by atoms with Gasteiger partial charge >= 0.3 is 17.9 Å². The maximum absolute atomic E-state index is 13.5. The highest BCUT2D eigenvalue weighted by atomic mass is 16.5. The fraction of sp³-hybridized carbons (Fsp3) is 0.483. The first-order chi connectivity index (χ1) is 45.7. The minimum absolute atomic E-state index is 0.275. The molecule has 0 aliphatic rings. The number of rotatable bonds is 45. The average Bonchev–Trinajstić information content (AvgIpc) is 0.720. The standard InChI is InChI=1S/C87H114O6/c1-7-13-16-19-22-25-28-31-34-37-40-67-43-49-70(50-44-67)79-82(73-55-61-76(62-56-73)85(88)91-10-4)80(71-51-45-68(46-52-71)41-38-35-32-29-26-23-20-17-14-8-2)84(75-59-65-78(66-60-75)87(90)93-12-6)81(83(79)74-57-63-77(64-58-74)86(89)92-11-5)72-53-47-69(48-54-72)42-39-36-33-30-27-24-21-18-15-9-3/h43-66H,7-42H2,1-6H3. The molecule has 0 radical (unpaired) electrons. The molecule has 7 aromatic rings. The molecule has 0 amide bonds. The summed E-state index contributed by atoms with van der Waals surface area (Å²) in [5.41, 5.74) is 17.5. The number of benzene rings is 7. The van der Waals surface area contributed by atoms with E-state index in [-0.39, 0.29) is 37.7 Å². The SMILES string of the molecule is CCCCCCCCCCCCc1ccc(-c2c(-c3ccc(C(=O)OCC)cc3)c(-c3ccc(CCCCCCCCCCCC)cc3)c(-c3ccc(C(=O)OCC)cc3)c(-c3ccc(CCCCCCCCCCCC)cc3)c2-c2ccc(C(=O)OCC)cc2)cc1. The van der Waals surface area contributed by atoms with E-state index in [2.05, 4.69) is 130 Å². The molecule has 6 heteroatoms. The van der Waals surface area contributed by atoms with Crippen molar-refractivity contribution in [3.63, 3.8) is 0 Å². The van der Waals surface area contributed by atoms with Crippen LogP contribution in [0.3, 0.4) is 0 Å². The van der Waals surface area contributed by atoms with Gasteiger partial charge in [-0.05, 0) is 179 Å². The quantitative estimate of drug-likeness (QED) is 0.0215. The number of carbonyl (C=O) groups excluding carboxylic acids is 3. The fourth-order valence-electron chi connectivity index (χ4n) is 13.4. The molecule has 0 unspecified atom stereocenters. The molecule has 0 aliphatic heterocycles. The largest absolute Gasteiger partial charge is 0.462 e. The van der Waals surface area contributed by atoms with E-state index < -0.39 is 0 Å². The van der Waals surface area contributed by atoms with Crippen molar-refractivity contribution in [2.45, 2.75) is 253 Å². The Bertz CT molecular complexity index is 2870. The van der Waals surface area contributed by atoms with Crippen LogP contribution in [0.1, 0.15) is 282 Å². The molecule has 93 heavy (non-hydrogen) atoms. The van der Waals surface area contributed by atoms with Gasteiger partial charge in [0.2, 0.25) is 0 Å². The van der Waals surface area contributed by atoms with E-state index in [4.69, 9.17) is 14.2 Å². The van der Waals surface area contributed by atoms with Crippen molar-refractivity contribution in [3.05, 3.63) is 179 Å². The van der Waals surface area contributed by atoms with Crippen LogP contribution in [0.2, 0.25) is 0 Å². The molecule has 0 bridgehead atoms. The van der Waals surface area contributed by atoms with Crippen LogP contribution in [0.25, 0.3) is 66.8 Å². The number of hydrogen-bond acceptors (Lipinski definition) is 6. The lowest BCUT2D eigenvalue weighted by atomic mass is 9.73. The predicted molar refractivity (Wildman–Crippen MR) is 394 cm³/mol. The zero-order chi connectivity index (χ0) is 65.7. The maximum atomic E-state index is 13.5. The Kier molecular flexibility index (Phi) is 33.4. The molecule has 0 aromatic heterocycles. The summed E-state index contributed by atoms with van der Waals surface area (Å²) in [5, 5.41) is 0. The van der Waals surface area contributed by atoms with Gasteiger partial charge in [-0.15, -0.1) is 0 Å². The number of unbranched alkanes of at least 4 members (excludes halogenated alkanes) is 27. The van der Waals surface area contributed by atoms with Crippen LogP contribution in [-0.2, 0) is 33.5 Å². The number of esters is 3. The minimum Gasteiger partial charge on any atom is -0.462 e. The molecular formula is C87H114O6. The molecule has 0 atom stereocenters. The summed E-state index contributed by atoms with van der Waals surface area (Å²) in [6.45, 7) is 13.2. The van der Waals surface area contributed by atoms with Crippen molar-refractivity contribution in [3.8, 4) is 66.8 Å². The van der Waals surface area contributed by atoms with E-state index >= 15 is 0 Å². The van der Waals surface area contributed by atoms with Gasteiger partial charge in [-0.1, -0.05) is 303 Å². The number of hydrogen-bond donors (Lipinski definition) is 0. The third kappa shape index (κ3) is 23.4. The first kappa shape index (κ1) is 73.4. The summed E-state index contributed by atoms with van der Waals surface area (Å²) >= 11 is 0. The third-order valence-corrected chi connectivity index (χ3v) is 18.7. The van der Waals surface area contributed by atoms with Crippen molar-refractivity contribution in [1.82, 2.24) is 0 Å². The van der Waals surface area contributed by atoms with E-state index in [0.717, 1.165) is 105 Å². The molecule has 0 fully saturated rings. The van der Waals surface area contributed by atoms with E-state index in [9.17, 15) is 14.4 Å². The van der Waals surface area contributed by atoms with Crippen LogP contribution in [0.15, 0.2) is 146 Å². The van der Waals surface area contributed by atoms with Crippen molar-refractivity contribution >= 4 is 17.9 Å². The molecule has 0 saturated heterocycles. The van der Waals surface area contributed by atoms with Gasteiger partial charge in [-0.2, -0.15) is 0 Å². The first-order valence-electron chi connectivity index (χ1n) is 37.1. The zero-order valence-corrected chi connectivity index (χ0v) is 58.3. The van der Waals surface area contributed by atoms with Crippen molar-refractivity contribution in [2.24, 2.45) is 0 Å². The Balaban J connectivity index is 1.44. The molecule has 0 N–H and O–H groups in total. The Morgan fingerprint density at radius 1 is 0.215 bits per heavy atom. The van der Waals surface area contributed by atoms with Crippen LogP contribution >= 0.6 is 0 Å². The lowest BCUT2D eigenvalue weighted by Gasteiger charge is -2.29. The Labute approximate surface area is 562 Å². The fourth-order valence-corrected chi connectivity index (χ4v) is 13.4. The minimum atomic E-state index is -0.364. The first-order valence-corrected chi connectivity index (χ1v) is 37.1. The van der Waals surface area contributed by atoms with Gasteiger partial charge in [0, 0.05) is 0 Å². The highest BCUT2D eigenvalue weighted by Gasteiger charge is 2.30. The normalized spacial score (nSPS) is 11.3. The van der Waals surface area contributed by atoms with Crippen LogP contribution in [0, 0.1) is 0 Å². The van der Waals surface area contributed by atoms with Gasteiger partial charge in [0.15, 0.2) is 0 Å². The topological polar surface area (TPSA) is 78.9 Å². The molecule has 0 saturated carbocycles. The lowest BCUT2D eigenvalue weighted by Crippen LogP contribution is -2.06. The second kappa shape index (κ2) is 42.3. The number of ether oxygens (including phenoxy) is 3. The predicted octanol–water partition coefficient (Wildman–Crippen LogP) is 25.6. The third-order valence-electron chi connectivity index (χ3n) is 18.7. The van der Waals surface area contributed by atoms with Crippen LogP contribution in [0.5, 0.6) is 0 Å².